The molecule has 0 saturated carbocycles. The molecule has 1 aliphatic rings. The molecule has 6 nitrogen and oxygen atoms in total. The van der Waals surface area contributed by atoms with Crippen LogP contribution >= 0.6 is 0 Å². The number of para-hydroxylation sites is 3. The lowest BCUT2D eigenvalue weighted by molar-refractivity contribution is 0.285. The van der Waals surface area contributed by atoms with Crippen molar-refractivity contribution in [2.24, 2.45) is 0 Å². The molecule has 6 heteroatoms. The molecule has 27 heavy (non-hydrogen) atoms. The van der Waals surface area contributed by atoms with Crippen LogP contribution in [-0.4, -0.2) is 20.2 Å². The van der Waals surface area contributed by atoms with Gasteiger partial charge in [0.05, 0.1) is 5.56 Å². The van der Waals surface area contributed by atoms with Gasteiger partial charge in [-0.25, -0.2) is 0 Å². The predicted molar refractivity (Wildman–Crippen MR) is 99.7 cm³/mol. The summed E-state index contributed by atoms with van der Waals surface area (Å²) >= 11 is 0. The van der Waals surface area contributed by atoms with Gasteiger partial charge in [0.1, 0.15) is 30.4 Å². The fourth-order valence-electron chi connectivity index (χ4n) is 3.10. The fraction of sp³-hybridized carbons (Fsp3) is 0.0952. The van der Waals surface area contributed by atoms with Crippen molar-refractivity contribution in [3.05, 3.63) is 83.9 Å². The minimum absolute atomic E-state index is 0.430. The van der Waals surface area contributed by atoms with Crippen molar-refractivity contribution < 1.29 is 9.47 Å². The Bertz CT molecular complexity index is 1020. The number of rotatable bonds is 0. The first-order valence-corrected chi connectivity index (χ1v) is 8.70. The summed E-state index contributed by atoms with van der Waals surface area (Å²) in [5.74, 6) is 1.93. The number of benzene rings is 3. The van der Waals surface area contributed by atoms with E-state index in [0.717, 1.165) is 28.1 Å². The van der Waals surface area contributed by atoms with Crippen LogP contribution in [0.3, 0.4) is 0 Å². The molecule has 1 aromatic heterocycles. The molecule has 0 atom stereocenters. The van der Waals surface area contributed by atoms with Gasteiger partial charge in [0.15, 0.2) is 0 Å². The summed E-state index contributed by atoms with van der Waals surface area (Å²) in [6.07, 6.45) is 0. The second-order valence-electron chi connectivity index (χ2n) is 6.21. The number of hydrogen-bond acceptors (Lipinski definition) is 5. The Morgan fingerprint density at radius 1 is 0.704 bits per heavy atom. The van der Waals surface area contributed by atoms with Gasteiger partial charge in [-0.15, -0.1) is 15.0 Å². The second-order valence-corrected chi connectivity index (χ2v) is 6.21. The molecule has 132 valence electrons. The van der Waals surface area contributed by atoms with E-state index in [1.54, 1.807) is 0 Å². The average Bonchev–Trinajstić information content (AvgIpc) is 3.21. The van der Waals surface area contributed by atoms with Crippen LogP contribution in [0.25, 0.3) is 17.1 Å². The summed E-state index contributed by atoms with van der Waals surface area (Å²) in [7, 11) is 0. The molecule has 0 amide bonds. The zero-order valence-corrected chi connectivity index (χ0v) is 14.4. The van der Waals surface area contributed by atoms with Gasteiger partial charge in [0.2, 0.25) is 5.82 Å². The van der Waals surface area contributed by atoms with E-state index in [0.29, 0.717) is 24.8 Å². The van der Waals surface area contributed by atoms with Crippen molar-refractivity contribution in [2.75, 3.05) is 0 Å². The maximum Gasteiger partial charge on any atom is 0.209 e. The minimum Gasteiger partial charge on any atom is -0.488 e. The lowest BCUT2D eigenvalue weighted by Crippen LogP contribution is -2.06. The molecular weight excluding hydrogens is 340 g/mol. The third-order valence-electron chi connectivity index (χ3n) is 4.51. The Balaban J connectivity index is 1.68. The summed E-state index contributed by atoms with van der Waals surface area (Å²) in [6, 6.07) is 23.5. The molecule has 0 fully saturated rings. The van der Waals surface area contributed by atoms with E-state index in [2.05, 4.69) is 27.5 Å². The van der Waals surface area contributed by atoms with Crippen LogP contribution in [-0.2, 0) is 13.2 Å². The Morgan fingerprint density at radius 2 is 1.33 bits per heavy atom. The summed E-state index contributed by atoms with van der Waals surface area (Å²) in [4.78, 5) is 1.49. The molecule has 4 aromatic rings. The van der Waals surface area contributed by atoms with E-state index in [1.165, 1.54) is 4.80 Å². The lowest BCUT2D eigenvalue weighted by Gasteiger charge is -2.14. The zero-order valence-electron chi connectivity index (χ0n) is 14.4. The van der Waals surface area contributed by atoms with Gasteiger partial charge in [0.25, 0.3) is 0 Å². The van der Waals surface area contributed by atoms with Gasteiger partial charge >= 0.3 is 0 Å². The smallest absolute Gasteiger partial charge is 0.209 e. The van der Waals surface area contributed by atoms with Crippen molar-refractivity contribution in [2.45, 2.75) is 13.2 Å². The topological polar surface area (TPSA) is 62.1 Å². The number of nitrogens with zero attached hydrogens (tertiary/aromatic N) is 4. The quantitative estimate of drug-likeness (QED) is 0.480. The van der Waals surface area contributed by atoms with Crippen LogP contribution < -0.4 is 9.47 Å². The highest BCUT2D eigenvalue weighted by atomic mass is 16.5. The first-order chi connectivity index (χ1) is 13.4. The van der Waals surface area contributed by atoms with Crippen LogP contribution in [0, 0.1) is 0 Å². The Labute approximate surface area is 156 Å². The van der Waals surface area contributed by atoms with Gasteiger partial charge in [-0.3, -0.25) is 0 Å². The summed E-state index contributed by atoms with van der Waals surface area (Å²) in [5.41, 5.74) is 3.71. The van der Waals surface area contributed by atoms with Crippen molar-refractivity contribution >= 4 is 0 Å². The van der Waals surface area contributed by atoms with Gasteiger partial charge in [0, 0.05) is 0 Å². The van der Waals surface area contributed by atoms with Crippen LogP contribution in [0.15, 0.2) is 72.8 Å². The Kier molecular flexibility index (Phi) is 3.79. The summed E-state index contributed by atoms with van der Waals surface area (Å²) < 4.78 is 12.2. The zero-order chi connectivity index (χ0) is 18.1. The monoisotopic (exact) mass is 356 g/mol. The van der Waals surface area contributed by atoms with Crippen molar-refractivity contribution in [1.29, 1.82) is 0 Å². The maximum atomic E-state index is 6.10. The van der Waals surface area contributed by atoms with E-state index >= 15 is 0 Å². The van der Waals surface area contributed by atoms with E-state index in [4.69, 9.17) is 9.47 Å². The third-order valence-corrected chi connectivity index (χ3v) is 4.51. The first-order valence-electron chi connectivity index (χ1n) is 8.70. The largest absolute Gasteiger partial charge is 0.488 e. The summed E-state index contributed by atoms with van der Waals surface area (Å²) in [6.45, 7) is 0.867. The molecule has 0 N–H and O–H groups in total. The normalized spacial score (nSPS) is 12.7. The molecular formula is C21H16N4O2. The Morgan fingerprint density at radius 3 is 2.15 bits per heavy atom. The van der Waals surface area contributed by atoms with Crippen LogP contribution in [0.5, 0.6) is 11.5 Å². The van der Waals surface area contributed by atoms with Crippen LogP contribution in [0.1, 0.15) is 11.1 Å². The standard InChI is InChI=1S/C21H16N4O2/c1-2-8-16-14-27-20-12-6-4-10-18(20)25-23-21(22-24-25)17-9-3-5-11-19(17)26-13-15(16)7-1/h1-12H,13-14H2. The average molecular weight is 356 g/mol. The van der Waals surface area contributed by atoms with E-state index in [-0.39, 0.29) is 0 Å². The van der Waals surface area contributed by atoms with E-state index < -0.39 is 0 Å². The highest BCUT2D eigenvalue weighted by Gasteiger charge is 2.16. The molecule has 0 spiro atoms. The molecule has 0 unspecified atom stereocenters. The highest BCUT2D eigenvalue weighted by molar-refractivity contribution is 5.63. The molecule has 2 bridgehead atoms. The molecule has 5 rings (SSSR count). The van der Waals surface area contributed by atoms with Crippen molar-refractivity contribution in [1.82, 2.24) is 20.2 Å². The van der Waals surface area contributed by atoms with E-state index in [1.807, 2.05) is 60.7 Å². The molecule has 0 saturated heterocycles. The molecule has 0 radical (unpaired) electrons. The minimum atomic E-state index is 0.430. The summed E-state index contributed by atoms with van der Waals surface area (Å²) in [5, 5.41) is 13.0. The number of fused-ring (bicyclic) bond motifs is 7. The molecule has 1 aliphatic heterocycles. The first kappa shape index (κ1) is 15.6. The SMILES string of the molecule is c1ccc2c(c1)COc1ccccc1-c1nnn(n1)-c1ccccc1OC2. The fourth-order valence-corrected chi connectivity index (χ4v) is 3.10. The van der Waals surface area contributed by atoms with Crippen LogP contribution in [0.2, 0.25) is 0 Å². The molecule has 0 aliphatic carbocycles. The highest BCUT2D eigenvalue weighted by Crippen LogP contribution is 2.30. The van der Waals surface area contributed by atoms with Crippen LogP contribution in [0.4, 0.5) is 0 Å². The van der Waals surface area contributed by atoms with Crippen molar-refractivity contribution in [3.63, 3.8) is 0 Å². The number of tetrazole rings is 1. The number of ether oxygens (including phenoxy) is 2. The van der Waals surface area contributed by atoms with Gasteiger partial charge in [-0.1, -0.05) is 48.5 Å². The van der Waals surface area contributed by atoms with Gasteiger partial charge < -0.3 is 9.47 Å². The van der Waals surface area contributed by atoms with Gasteiger partial charge in [-0.2, -0.15) is 0 Å². The van der Waals surface area contributed by atoms with E-state index in [9.17, 15) is 0 Å². The molecule has 2 heterocycles. The molecule has 3 aromatic carbocycles. The maximum absolute atomic E-state index is 6.10. The van der Waals surface area contributed by atoms with Gasteiger partial charge in [-0.05, 0) is 40.6 Å². The Hall–Kier alpha value is -3.67. The second kappa shape index (κ2) is 6.57. The predicted octanol–water partition coefficient (Wildman–Crippen LogP) is 3.80. The van der Waals surface area contributed by atoms with Crippen molar-refractivity contribution in [3.8, 4) is 28.6 Å². The number of hydrogen-bond donors (Lipinski definition) is 0. The third kappa shape index (κ3) is 2.91. The number of aromatic nitrogens is 4. The lowest BCUT2D eigenvalue weighted by atomic mass is 10.1.